The Hall–Kier alpha value is -2.69. The van der Waals surface area contributed by atoms with Gasteiger partial charge in [-0.05, 0) is 30.9 Å². The van der Waals surface area contributed by atoms with Crippen LogP contribution in [-0.2, 0) is 24.3 Å². The molecular formula is C27H39N3O6S. The summed E-state index contributed by atoms with van der Waals surface area (Å²) in [5.41, 5.74) is -1.03. The first-order chi connectivity index (χ1) is 17.5. The van der Waals surface area contributed by atoms with Crippen LogP contribution in [0.3, 0.4) is 0 Å². The van der Waals surface area contributed by atoms with Crippen LogP contribution in [0.15, 0.2) is 41.3 Å². The minimum absolute atomic E-state index is 0.0270. The number of carbonyl (C=O) groups is 2. The van der Waals surface area contributed by atoms with Gasteiger partial charge in [0, 0.05) is 56.7 Å². The van der Waals surface area contributed by atoms with Gasteiger partial charge in [-0.25, -0.2) is 8.42 Å². The molecule has 0 aromatic heterocycles. The van der Waals surface area contributed by atoms with E-state index in [4.69, 9.17) is 4.74 Å². The smallest absolute Gasteiger partial charge is 0.320 e. The predicted molar refractivity (Wildman–Crippen MR) is 144 cm³/mol. The SMILES string of the molecule is CCN(C[C@](CCC(C)C)(C(=O)O)C(=O)N1CCOCC1)S(=O)(=O)c1cccc2c(N(C)C)cccc12. The van der Waals surface area contributed by atoms with Gasteiger partial charge in [-0.1, -0.05) is 45.0 Å². The molecule has 1 N–H and O–H groups in total. The van der Waals surface area contributed by atoms with Gasteiger partial charge < -0.3 is 19.6 Å². The molecule has 0 spiro atoms. The zero-order chi connectivity index (χ0) is 27.4. The summed E-state index contributed by atoms with van der Waals surface area (Å²) in [6, 6.07) is 10.6. The van der Waals surface area contributed by atoms with Gasteiger partial charge >= 0.3 is 5.97 Å². The first-order valence-electron chi connectivity index (χ1n) is 12.8. The van der Waals surface area contributed by atoms with Crippen molar-refractivity contribution in [1.29, 1.82) is 0 Å². The van der Waals surface area contributed by atoms with E-state index in [1.165, 1.54) is 4.90 Å². The van der Waals surface area contributed by atoms with Crippen LogP contribution in [0.4, 0.5) is 5.69 Å². The van der Waals surface area contributed by atoms with E-state index in [0.29, 0.717) is 25.0 Å². The van der Waals surface area contributed by atoms with Gasteiger partial charge in [0.1, 0.15) is 0 Å². The van der Waals surface area contributed by atoms with E-state index in [1.54, 1.807) is 31.2 Å². The number of carboxylic acids is 1. The van der Waals surface area contributed by atoms with Crippen LogP contribution in [-0.4, -0.2) is 88.1 Å². The van der Waals surface area contributed by atoms with Gasteiger partial charge in [0.25, 0.3) is 0 Å². The number of aliphatic carboxylic acids is 1. The maximum Gasteiger partial charge on any atom is 0.320 e. The Labute approximate surface area is 220 Å². The monoisotopic (exact) mass is 533 g/mol. The largest absolute Gasteiger partial charge is 0.480 e. The van der Waals surface area contributed by atoms with Crippen molar-refractivity contribution < 1.29 is 27.9 Å². The first-order valence-corrected chi connectivity index (χ1v) is 14.2. The molecule has 2 aromatic rings. The number of rotatable bonds is 11. The molecule has 204 valence electrons. The highest BCUT2D eigenvalue weighted by molar-refractivity contribution is 7.89. The second-order valence-electron chi connectivity index (χ2n) is 10.2. The highest BCUT2D eigenvalue weighted by Crippen LogP contribution is 2.36. The van der Waals surface area contributed by atoms with Crippen LogP contribution in [0.25, 0.3) is 10.8 Å². The maximum absolute atomic E-state index is 14.1. The number of morpholine rings is 1. The number of nitrogens with zero attached hydrogens (tertiary/aromatic N) is 3. The molecule has 1 atom stereocenters. The van der Waals surface area contributed by atoms with E-state index in [0.717, 1.165) is 15.4 Å². The summed E-state index contributed by atoms with van der Waals surface area (Å²) in [5.74, 6) is -1.71. The molecule has 0 unspecified atom stereocenters. The molecule has 37 heavy (non-hydrogen) atoms. The van der Waals surface area contributed by atoms with Crippen molar-refractivity contribution in [3.05, 3.63) is 36.4 Å². The van der Waals surface area contributed by atoms with Crippen LogP contribution < -0.4 is 4.90 Å². The number of anilines is 1. The Morgan fingerprint density at radius 2 is 1.70 bits per heavy atom. The topological polar surface area (TPSA) is 107 Å². The average Bonchev–Trinajstić information content (AvgIpc) is 2.87. The molecule has 1 aliphatic heterocycles. The summed E-state index contributed by atoms with van der Waals surface area (Å²) < 4.78 is 34.6. The van der Waals surface area contributed by atoms with Crippen molar-refractivity contribution in [2.45, 2.75) is 38.5 Å². The van der Waals surface area contributed by atoms with E-state index >= 15 is 0 Å². The van der Waals surface area contributed by atoms with E-state index < -0.39 is 33.9 Å². The minimum atomic E-state index is -4.13. The summed E-state index contributed by atoms with van der Waals surface area (Å²) in [7, 11) is -0.353. The quantitative estimate of drug-likeness (QED) is 0.442. The van der Waals surface area contributed by atoms with Gasteiger partial charge in [-0.15, -0.1) is 0 Å². The van der Waals surface area contributed by atoms with E-state index in [2.05, 4.69) is 0 Å². The van der Waals surface area contributed by atoms with Crippen LogP contribution in [0.1, 0.15) is 33.6 Å². The fraction of sp³-hybridized carbons (Fsp3) is 0.556. The lowest BCUT2D eigenvalue weighted by atomic mass is 9.79. The molecule has 0 bridgehead atoms. The lowest BCUT2D eigenvalue weighted by Crippen LogP contribution is -2.57. The van der Waals surface area contributed by atoms with Crippen LogP contribution in [0.5, 0.6) is 0 Å². The second-order valence-corrected chi connectivity index (χ2v) is 12.1. The van der Waals surface area contributed by atoms with E-state index in [-0.39, 0.29) is 36.9 Å². The Morgan fingerprint density at radius 1 is 1.08 bits per heavy atom. The molecule has 0 saturated carbocycles. The number of hydrogen-bond donors (Lipinski definition) is 1. The molecule has 1 amide bonds. The molecule has 0 radical (unpaired) electrons. The Morgan fingerprint density at radius 3 is 2.27 bits per heavy atom. The second kappa shape index (κ2) is 11.8. The fourth-order valence-electron chi connectivity index (χ4n) is 4.81. The van der Waals surface area contributed by atoms with Gasteiger partial charge in [0.15, 0.2) is 5.41 Å². The van der Waals surface area contributed by atoms with Crippen molar-refractivity contribution in [1.82, 2.24) is 9.21 Å². The van der Waals surface area contributed by atoms with Crippen molar-refractivity contribution in [2.75, 3.05) is 58.4 Å². The molecule has 2 aromatic carbocycles. The standard InChI is InChI=1S/C27H39N3O6S/c1-6-30(37(34,35)24-12-8-9-21-22(24)10-7-11-23(21)28(4)5)19-27(26(32)33,14-13-20(2)3)25(31)29-15-17-36-18-16-29/h7-12,20H,6,13-19H2,1-5H3,(H,32,33)/t27-/m0/s1. The third-order valence-electron chi connectivity index (χ3n) is 7.02. The Balaban J connectivity index is 2.10. The van der Waals surface area contributed by atoms with Crippen LogP contribution >= 0.6 is 0 Å². The summed E-state index contributed by atoms with van der Waals surface area (Å²) >= 11 is 0. The summed E-state index contributed by atoms with van der Waals surface area (Å²) in [4.78, 5) is 30.2. The molecule has 0 aliphatic carbocycles. The molecule has 3 rings (SSSR count). The van der Waals surface area contributed by atoms with E-state index in [9.17, 15) is 23.1 Å². The number of sulfonamides is 1. The third kappa shape index (κ3) is 5.91. The molecule has 10 heteroatoms. The molecule has 1 fully saturated rings. The number of carbonyl (C=O) groups excluding carboxylic acids is 1. The molecule has 1 aliphatic rings. The van der Waals surface area contributed by atoms with Crippen molar-refractivity contribution in [3.63, 3.8) is 0 Å². The summed E-state index contributed by atoms with van der Waals surface area (Å²) in [5, 5.41) is 11.8. The van der Waals surface area contributed by atoms with Gasteiger partial charge in [-0.3, -0.25) is 9.59 Å². The number of fused-ring (bicyclic) bond motifs is 1. The first kappa shape index (κ1) is 28.9. The minimum Gasteiger partial charge on any atom is -0.480 e. The molecule has 9 nitrogen and oxygen atoms in total. The molecule has 1 heterocycles. The summed E-state index contributed by atoms with van der Waals surface area (Å²) in [6.07, 6.45) is 0.517. The number of carboxylic acid groups (broad SMARTS) is 1. The third-order valence-corrected chi connectivity index (χ3v) is 9.00. The Bertz CT molecular complexity index is 1220. The zero-order valence-corrected chi connectivity index (χ0v) is 23.3. The number of hydrogen-bond acceptors (Lipinski definition) is 6. The van der Waals surface area contributed by atoms with Gasteiger partial charge in [0.2, 0.25) is 15.9 Å². The predicted octanol–water partition coefficient (Wildman–Crippen LogP) is 3.28. The van der Waals surface area contributed by atoms with Crippen LogP contribution in [0, 0.1) is 11.3 Å². The lowest BCUT2D eigenvalue weighted by Gasteiger charge is -2.38. The summed E-state index contributed by atoms with van der Waals surface area (Å²) in [6.45, 7) is 6.39. The van der Waals surface area contributed by atoms with Gasteiger partial charge in [0.05, 0.1) is 18.1 Å². The fourth-order valence-corrected chi connectivity index (χ4v) is 6.53. The zero-order valence-electron chi connectivity index (χ0n) is 22.4. The highest BCUT2D eigenvalue weighted by Gasteiger charge is 2.51. The van der Waals surface area contributed by atoms with Gasteiger partial charge in [-0.2, -0.15) is 4.31 Å². The molecular weight excluding hydrogens is 494 g/mol. The van der Waals surface area contributed by atoms with Crippen molar-refractivity contribution >= 4 is 38.4 Å². The lowest BCUT2D eigenvalue weighted by molar-refractivity contribution is -0.164. The van der Waals surface area contributed by atoms with Crippen LogP contribution in [0.2, 0.25) is 0 Å². The van der Waals surface area contributed by atoms with Crippen molar-refractivity contribution in [3.8, 4) is 0 Å². The normalized spacial score (nSPS) is 16.2. The molecule has 1 saturated heterocycles. The maximum atomic E-state index is 14.1. The number of amides is 1. The van der Waals surface area contributed by atoms with Crippen molar-refractivity contribution in [2.24, 2.45) is 11.3 Å². The average molecular weight is 534 g/mol. The number of ether oxygens (including phenoxy) is 1. The van der Waals surface area contributed by atoms with E-state index in [1.807, 2.05) is 45.0 Å². The number of benzene rings is 2. The Kier molecular flexibility index (Phi) is 9.20. The highest BCUT2D eigenvalue weighted by atomic mass is 32.2.